The number of benzene rings is 2. The van der Waals surface area contributed by atoms with Crippen molar-refractivity contribution in [3.05, 3.63) is 69.0 Å². The van der Waals surface area contributed by atoms with E-state index in [1.165, 1.54) is 6.07 Å². The second-order valence-corrected chi connectivity index (χ2v) is 5.29. The molecule has 2 aromatic carbocycles. The maximum Gasteiger partial charge on any atom is 0.127 e. The normalized spacial score (nSPS) is 12.5. The fraction of sp³-hybridized carbons (Fsp3) is 0.250. The summed E-state index contributed by atoms with van der Waals surface area (Å²) in [7, 11) is 0. The molecule has 1 N–H and O–H groups in total. The molecule has 0 bridgehead atoms. The molecule has 2 rings (SSSR count). The Morgan fingerprint density at radius 1 is 1.00 bits per heavy atom. The first kappa shape index (κ1) is 14.0. The van der Waals surface area contributed by atoms with E-state index in [0.717, 1.165) is 16.7 Å². The molecular formula is C16H16ClFO. The van der Waals surface area contributed by atoms with E-state index in [4.69, 9.17) is 11.6 Å². The van der Waals surface area contributed by atoms with E-state index in [1.54, 1.807) is 13.0 Å². The first-order chi connectivity index (χ1) is 8.90. The summed E-state index contributed by atoms with van der Waals surface area (Å²) >= 11 is 6.03. The molecule has 0 saturated carbocycles. The highest BCUT2D eigenvalue weighted by molar-refractivity contribution is 6.31. The molecule has 0 aromatic heterocycles. The van der Waals surface area contributed by atoms with Crippen LogP contribution in [0.3, 0.4) is 0 Å². The van der Waals surface area contributed by atoms with Crippen LogP contribution in [0.4, 0.5) is 4.39 Å². The van der Waals surface area contributed by atoms with Gasteiger partial charge in [-0.05, 0) is 49.6 Å². The van der Waals surface area contributed by atoms with Gasteiger partial charge in [0.05, 0.1) is 0 Å². The van der Waals surface area contributed by atoms with Crippen LogP contribution in [0, 0.1) is 26.6 Å². The lowest BCUT2D eigenvalue weighted by Crippen LogP contribution is -2.04. The number of rotatable bonds is 2. The molecule has 0 aliphatic heterocycles. The van der Waals surface area contributed by atoms with Crippen LogP contribution >= 0.6 is 11.6 Å². The first-order valence-corrected chi connectivity index (χ1v) is 6.48. The fourth-order valence-electron chi connectivity index (χ4n) is 2.19. The van der Waals surface area contributed by atoms with E-state index < -0.39 is 6.10 Å². The maximum absolute atomic E-state index is 13.4. The molecule has 0 radical (unpaired) electrons. The quantitative estimate of drug-likeness (QED) is 0.858. The van der Waals surface area contributed by atoms with E-state index in [1.807, 2.05) is 32.0 Å². The van der Waals surface area contributed by atoms with Crippen LogP contribution in [0.5, 0.6) is 0 Å². The van der Waals surface area contributed by atoms with Crippen LogP contribution in [0.2, 0.25) is 5.02 Å². The third-order valence-corrected chi connectivity index (χ3v) is 3.62. The zero-order valence-electron chi connectivity index (χ0n) is 11.2. The van der Waals surface area contributed by atoms with E-state index in [0.29, 0.717) is 11.1 Å². The Kier molecular flexibility index (Phi) is 3.93. The van der Waals surface area contributed by atoms with Gasteiger partial charge in [0.2, 0.25) is 0 Å². The molecule has 2 aromatic rings. The van der Waals surface area contributed by atoms with Gasteiger partial charge >= 0.3 is 0 Å². The van der Waals surface area contributed by atoms with Crippen molar-refractivity contribution in [1.82, 2.24) is 0 Å². The second-order valence-electron chi connectivity index (χ2n) is 4.89. The van der Waals surface area contributed by atoms with Crippen LogP contribution < -0.4 is 0 Å². The van der Waals surface area contributed by atoms with Gasteiger partial charge in [0, 0.05) is 10.6 Å². The molecule has 0 saturated heterocycles. The highest BCUT2D eigenvalue weighted by atomic mass is 35.5. The van der Waals surface area contributed by atoms with Gasteiger partial charge in [-0.3, -0.25) is 0 Å². The highest BCUT2D eigenvalue weighted by Gasteiger charge is 2.17. The molecular weight excluding hydrogens is 263 g/mol. The van der Waals surface area contributed by atoms with Crippen molar-refractivity contribution in [2.45, 2.75) is 26.9 Å². The summed E-state index contributed by atoms with van der Waals surface area (Å²) in [6, 6.07) is 8.67. The topological polar surface area (TPSA) is 20.2 Å². The van der Waals surface area contributed by atoms with Crippen molar-refractivity contribution in [1.29, 1.82) is 0 Å². The van der Waals surface area contributed by atoms with Crippen LogP contribution in [0.1, 0.15) is 33.9 Å². The van der Waals surface area contributed by atoms with Gasteiger partial charge < -0.3 is 5.11 Å². The average Bonchev–Trinajstić information content (AvgIpc) is 2.33. The average molecular weight is 279 g/mol. The molecule has 1 nitrogen and oxygen atoms in total. The zero-order valence-corrected chi connectivity index (χ0v) is 11.9. The van der Waals surface area contributed by atoms with Crippen molar-refractivity contribution >= 4 is 11.6 Å². The van der Waals surface area contributed by atoms with Gasteiger partial charge in [-0.15, -0.1) is 0 Å². The van der Waals surface area contributed by atoms with Crippen molar-refractivity contribution in [3.8, 4) is 0 Å². The summed E-state index contributed by atoms with van der Waals surface area (Å²) in [6.07, 6.45) is -0.840. The molecule has 0 spiro atoms. The van der Waals surface area contributed by atoms with Gasteiger partial charge in [-0.1, -0.05) is 35.4 Å². The molecule has 19 heavy (non-hydrogen) atoms. The SMILES string of the molecule is Cc1ccc(C(O)c2cc(C)c(F)cc2Cl)c(C)c1. The predicted molar refractivity (Wildman–Crippen MR) is 76.1 cm³/mol. The van der Waals surface area contributed by atoms with Crippen LogP contribution in [0.15, 0.2) is 30.3 Å². The minimum atomic E-state index is -0.840. The molecule has 0 fully saturated rings. The van der Waals surface area contributed by atoms with Gasteiger partial charge in [-0.25, -0.2) is 4.39 Å². The third kappa shape index (κ3) is 2.80. The Hall–Kier alpha value is -1.38. The van der Waals surface area contributed by atoms with Crippen LogP contribution in [-0.4, -0.2) is 5.11 Å². The van der Waals surface area contributed by atoms with Crippen molar-refractivity contribution in [3.63, 3.8) is 0 Å². The largest absolute Gasteiger partial charge is 0.384 e. The monoisotopic (exact) mass is 278 g/mol. The molecule has 100 valence electrons. The Labute approximate surface area is 117 Å². The predicted octanol–water partition coefficient (Wildman–Crippen LogP) is 4.49. The number of hydrogen-bond donors (Lipinski definition) is 1. The minimum absolute atomic E-state index is 0.246. The summed E-state index contributed by atoms with van der Waals surface area (Å²) in [5, 5.41) is 10.7. The molecule has 1 unspecified atom stereocenters. The van der Waals surface area contributed by atoms with E-state index in [-0.39, 0.29) is 10.8 Å². The van der Waals surface area contributed by atoms with Crippen LogP contribution in [0.25, 0.3) is 0 Å². The Bertz CT molecular complexity index is 622. The molecule has 0 heterocycles. The van der Waals surface area contributed by atoms with Crippen LogP contribution in [-0.2, 0) is 0 Å². The Morgan fingerprint density at radius 2 is 1.68 bits per heavy atom. The maximum atomic E-state index is 13.4. The number of hydrogen-bond acceptors (Lipinski definition) is 1. The smallest absolute Gasteiger partial charge is 0.127 e. The molecule has 0 aliphatic rings. The first-order valence-electron chi connectivity index (χ1n) is 6.11. The highest BCUT2D eigenvalue weighted by Crippen LogP contribution is 2.32. The molecule has 1 atom stereocenters. The van der Waals surface area contributed by atoms with Gasteiger partial charge in [0.1, 0.15) is 11.9 Å². The van der Waals surface area contributed by atoms with Crippen molar-refractivity contribution < 1.29 is 9.50 Å². The minimum Gasteiger partial charge on any atom is -0.384 e. The van der Waals surface area contributed by atoms with Crippen molar-refractivity contribution in [2.75, 3.05) is 0 Å². The van der Waals surface area contributed by atoms with E-state index in [2.05, 4.69) is 0 Å². The number of aliphatic hydroxyl groups is 1. The van der Waals surface area contributed by atoms with E-state index in [9.17, 15) is 9.50 Å². The van der Waals surface area contributed by atoms with Crippen molar-refractivity contribution in [2.24, 2.45) is 0 Å². The Balaban J connectivity index is 2.49. The standard InChI is InChI=1S/C16H16ClFO/c1-9-4-5-12(10(2)6-9)16(19)13-7-11(3)15(18)8-14(13)17/h4-8,16,19H,1-3H3. The number of aliphatic hydroxyl groups excluding tert-OH is 1. The van der Waals surface area contributed by atoms with Gasteiger partial charge in [0.25, 0.3) is 0 Å². The fourth-order valence-corrected chi connectivity index (χ4v) is 2.44. The summed E-state index contributed by atoms with van der Waals surface area (Å²) in [5.41, 5.74) is 3.93. The molecule has 0 aliphatic carbocycles. The zero-order chi connectivity index (χ0) is 14.2. The summed E-state index contributed by atoms with van der Waals surface area (Å²) in [6.45, 7) is 5.60. The summed E-state index contributed by atoms with van der Waals surface area (Å²) in [5.74, 6) is -0.360. The molecule has 0 amide bonds. The number of aryl methyl sites for hydroxylation is 3. The Morgan fingerprint density at radius 3 is 2.32 bits per heavy atom. The molecule has 3 heteroatoms. The summed E-state index contributed by atoms with van der Waals surface area (Å²) in [4.78, 5) is 0. The van der Waals surface area contributed by atoms with Gasteiger partial charge in [0.15, 0.2) is 0 Å². The number of halogens is 2. The third-order valence-electron chi connectivity index (χ3n) is 3.29. The van der Waals surface area contributed by atoms with E-state index >= 15 is 0 Å². The summed E-state index contributed by atoms with van der Waals surface area (Å²) < 4.78 is 13.4. The lowest BCUT2D eigenvalue weighted by atomic mass is 9.95. The second kappa shape index (κ2) is 5.32. The lowest BCUT2D eigenvalue weighted by Gasteiger charge is -2.17. The van der Waals surface area contributed by atoms with Gasteiger partial charge in [-0.2, -0.15) is 0 Å². The lowest BCUT2D eigenvalue weighted by molar-refractivity contribution is 0.219.